The van der Waals surface area contributed by atoms with Crippen molar-refractivity contribution in [2.45, 2.75) is 6.54 Å². The summed E-state index contributed by atoms with van der Waals surface area (Å²) >= 11 is 0. The van der Waals surface area contributed by atoms with Crippen LogP contribution in [0.5, 0.6) is 11.5 Å². The van der Waals surface area contributed by atoms with Crippen LogP contribution in [-0.2, 0) is 11.3 Å². The van der Waals surface area contributed by atoms with Crippen molar-refractivity contribution in [2.75, 3.05) is 26.1 Å². The largest absolute Gasteiger partial charge is 0.493 e. The van der Waals surface area contributed by atoms with E-state index < -0.39 is 0 Å². The molecule has 0 aliphatic carbocycles. The molecular formula is C17H19FN2O3. The summed E-state index contributed by atoms with van der Waals surface area (Å²) in [5.41, 5.74) is 1.53. The molecule has 0 saturated carbocycles. The molecule has 2 aromatic rings. The molecule has 0 unspecified atom stereocenters. The van der Waals surface area contributed by atoms with Gasteiger partial charge in [-0.05, 0) is 42.0 Å². The summed E-state index contributed by atoms with van der Waals surface area (Å²) in [6, 6.07) is 11.2. The van der Waals surface area contributed by atoms with Crippen LogP contribution in [0.4, 0.5) is 10.1 Å². The second kappa shape index (κ2) is 8.14. The summed E-state index contributed by atoms with van der Waals surface area (Å²) in [7, 11) is 3.15. The van der Waals surface area contributed by atoms with Crippen molar-refractivity contribution < 1.29 is 18.7 Å². The summed E-state index contributed by atoms with van der Waals surface area (Å²) in [5.74, 6) is 0.763. The molecule has 0 radical (unpaired) electrons. The van der Waals surface area contributed by atoms with Crippen LogP contribution in [0.2, 0.25) is 0 Å². The van der Waals surface area contributed by atoms with Crippen molar-refractivity contribution in [3.8, 4) is 11.5 Å². The molecule has 5 nitrogen and oxygen atoms in total. The number of ether oxygens (including phenoxy) is 2. The number of halogens is 1. The molecule has 1 amide bonds. The van der Waals surface area contributed by atoms with Gasteiger partial charge in [0.1, 0.15) is 5.82 Å². The molecule has 2 rings (SSSR count). The Morgan fingerprint density at radius 2 is 1.74 bits per heavy atom. The van der Waals surface area contributed by atoms with Gasteiger partial charge in [0.15, 0.2) is 11.5 Å². The molecule has 0 aromatic heterocycles. The quantitative estimate of drug-likeness (QED) is 0.824. The fraction of sp³-hybridized carbons (Fsp3) is 0.235. The monoisotopic (exact) mass is 318 g/mol. The zero-order chi connectivity index (χ0) is 16.7. The highest BCUT2D eigenvalue weighted by atomic mass is 19.1. The highest BCUT2D eigenvalue weighted by molar-refractivity contribution is 5.92. The van der Waals surface area contributed by atoms with Gasteiger partial charge in [-0.3, -0.25) is 4.79 Å². The Labute approximate surface area is 134 Å². The van der Waals surface area contributed by atoms with Crippen molar-refractivity contribution in [3.63, 3.8) is 0 Å². The number of methoxy groups -OCH3 is 2. The van der Waals surface area contributed by atoms with E-state index in [2.05, 4.69) is 10.6 Å². The maximum absolute atomic E-state index is 12.8. The first kappa shape index (κ1) is 16.8. The van der Waals surface area contributed by atoms with Crippen molar-refractivity contribution >= 4 is 11.6 Å². The van der Waals surface area contributed by atoms with Crippen LogP contribution in [0.15, 0.2) is 42.5 Å². The predicted molar refractivity (Wildman–Crippen MR) is 86.3 cm³/mol. The third-order valence-electron chi connectivity index (χ3n) is 3.19. The second-order valence-electron chi connectivity index (χ2n) is 4.85. The fourth-order valence-corrected chi connectivity index (χ4v) is 2.05. The molecule has 0 saturated heterocycles. The van der Waals surface area contributed by atoms with Gasteiger partial charge in [0.25, 0.3) is 0 Å². The van der Waals surface area contributed by atoms with E-state index >= 15 is 0 Å². The zero-order valence-corrected chi connectivity index (χ0v) is 13.1. The zero-order valence-electron chi connectivity index (χ0n) is 13.1. The minimum absolute atomic E-state index is 0.145. The topological polar surface area (TPSA) is 59.6 Å². The molecule has 2 N–H and O–H groups in total. The first-order valence-corrected chi connectivity index (χ1v) is 7.09. The van der Waals surface area contributed by atoms with Gasteiger partial charge >= 0.3 is 0 Å². The van der Waals surface area contributed by atoms with Gasteiger partial charge in [-0.25, -0.2) is 4.39 Å². The Kier molecular flexibility index (Phi) is 5.94. The first-order chi connectivity index (χ1) is 11.1. The van der Waals surface area contributed by atoms with E-state index in [9.17, 15) is 9.18 Å². The minimum Gasteiger partial charge on any atom is -0.493 e. The summed E-state index contributed by atoms with van der Waals surface area (Å²) in [5, 5.41) is 5.72. The smallest absolute Gasteiger partial charge is 0.238 e. The Bertz CT molecular complexity index is 659. The van der Waals surface area contributed by atoms with Crippen molar-refractivity contribution in [3.05, 3.63) is 53.8 Å². The molecule has 122 valence electrons. The number of carbonyl (C=O) groups excluding carboxylic acids is 1. The Morgan fingerprint density at radius 3 is 2.39 bits per heavy atom. The molecule has 0 heterocycles. The minimum atomic E-state index is -0.338. The normalized spacial score (nSPS) is 10.2. The van der Waals surface area contributed by atoms with Gasteiger partial charge in [-0.15, -0.1) is 0 Å². The number of benzene rings is 2. The van der Waals surface area contributed by atoms with E-state index in [0.29, 0.717) is 23.7 Å². The van der Waals surface area contributed by atoms with Crippen LogP contribution < -0.4 is 20.1 Å². The summed E-state index contributed by atoms with van der Waals surface area (Å²) < 4.78 is 23.2. The number of anilines is 1. The SMILES string of the molecule is COc1ccc(CNCC(=O)Nc2ccc(F)cc2)cc1OC. The number of carbonyl (C=O) groups is 1. The molecule has 0 aliphatic rings. The third-order valence-corrected chi connectivity index (χ3v) is 3.19. The van der Waals surface area contributed by atoms with Crippen LogP contribution >= 0.6 is 0 Å². The van der Waals surface area contributed by atoms with Gasteiger partial charge in [0.05, 0.1) is 20.8 Å². The molecule has 0 aliphatic heterocycles. The van der Waals surface area contributed by atoms with E-state index in [0.717, 1.165) is 5.56 Å². The lowest BCUT2D eigenvalue weighted by Gasteiger charge is -2.10. The summed E-state index contributed by atoms with van der Waals surface area (Å²) in [4.78, 5) is 11.8. The summed E-state index contributed by atoms with van der Waals surface area (Å²) in [6.07, 6.45) is 0. The summed E-state index contributed by atoms with van der Waals surface area (Å²) in [6.45, 7) is 0.656. The Morgan fingerprint density at radius 1 is 1.04 bits per heavy atom. The predicted octanol–water partition coefficient (Wildman–Crippen LogP) is 2.57. The number of hydrogen-bond donors (Lipinski definition) is 2. The average molecular weight is 318 g/mol. The molecule has 0 fully saturated rings. The van der Waals surface area contributed by atoms with Gasteiger partial charge in [0, 0.05) is 12.2 Å². The van der Waals surface area contributed by atoms with Crippen LogP contribution in [0.25, 0.3) is 0 Å². The maximum Gasteiger partial charge on any atom is 0.238 e. The van der Waals surface area contributed by atoms with E-state index in [4.69, 9.17) is 9.47 Å². The molecule has 0 spiro atoms. The van der Waals surface area contributed by atoms with Crippen molar-refractivity contribution in [1.29, 1.82) is 0 Å². The van der Waals surface area contributed by atoms with Gasteiger partial charge in [0.2, 0.25) is 5.91 Å². The van der Waals surface area contributed by atoms with Crippen LogP contribution in [0.3, 0.4) is 0 Å². The highest BCUT2D eigenvalue weighted by Crippen LogP contribution is 2.27. The van der Waals surface area contributed by atoms with Crippen molar-refractivity contribution in [2.24, 2.45) is 0 Å². The number of nitrogens with one attached hydrogen (secondary N) is 2. The van der Waals surface area contributed by atoms with E-state index in [1.165, 1.54) is 24.3 Å². The molecule has 6 heteroatoms. The highest BCUT2D eigenvalue weighted by Gasteiger charge is 2.06. The molecule has 2 aromatic carbocycles. The molecular weight excluding hydrogens is 299 g/mol. The number of hydrogen-bond acceptors (Lipinski definition) is 4. The van der Waals surface area contributed by atoms with Gasteiger partial charge in [-0.1, -0.05) is 6.07 Å². The average Bonchev–Trinajstić information content (AvgIpc) is 2.56. The van der Waals surface area contributed by atoms with Crippen LogP contribution in [-0.4, -0.2) is 26.7 Å². The number of rotatable bonds is 7. The second-order valence-corrected chi connectivity index (χ2v) is 4.85. The first-order valence-electron chi connectivity index (χ1n) is 7.09. The molecule has 23 heavy (non-hydrogen) atoms. The fourth-order valence-electron chi connectivity index (χ4n) is 2.05. The van der Waals surface area contributed by atoms with Gasteiger partial charge < -0.3 is 20.1 Å². The van der Waals surface area contributed by atoms with E-state index in [1.807, 2.05) is 18.2 Å². The standard InChI is InChI=1S/C17H19FN2O3/c1-22-15-8-3-12(9-16(15)23-2)10-19-11-17(21)20-14-6-4-13(18)5-7-14/h3-9,19H,10-11H2,1-2H3,(H,20,21). The molecule has 0 bridgehead atoms. The van der Waals surface area contributed by atoms with Crippen LogP contribution in [0.1, 0.15) is 5.56 Å². The van der Waals surface area contributed by atoms with E-state index in [-0.39, 0.29) is 18.3 Å². The number of amides is 1. The van der Waals surface area contributed by atoms with Crippen molar-refractivity contribution in [1.82, 2.24) is 5.32 Å². The molecule has 0 atom stereocenters. The van der Waals surface area contributed by atoms with E-state index in [1.54, 1.807) is 14.2 Å². The Balaban J connectivity index is 1.82. The maximum atomic E-state index is 12.8. The lowest BCUT2D eigenvalue weighted by Crippen LogP contribution is -2.27. The van der Waals surface area contributed by atoms with Crippen LogP contribution in [0, 0.1) is 5.82 Å². The lowest BCUT2D eigenvalue weighted by molar-refractivity contribution is -0.115. The van der Waals surface area contributed by atoms with Gasteiger partial charge in [-0.2, -0.15) is 0 Å². The lowest BCUT2D eigenvalue weighted by atomic mass is 10.2. The Hall–Kier alpha value is -2.60. The third kappa shape index (κ3) is 4.96.